The fourth-order valence-electron chi connectivity index (χ4n) is 5.08. The second-order valence-corrected chi connectivity index (χ2v) is 18.1. The van der Waals surface area contributed by atoms with Crippen molar-refractivity contribution >= 4 is 24.0 Å². The van der Waals surface area contributed by atoms with Gasteiger partial charge in [-0.3, -0.25) is 0 Å². The molecule has 0 saturated carbocycles. The number of hydrogen-bond acceptors (Lipinski definition) is 0. The van der Waals surface area contributed by atoms with Crippen LogP contribution in [0.1, 0.15) is 159 Å². The van der Waals surface area contributed by atoms with E-state index in [1.165, 1.54) is 151 Å². The first kappa shape index (κ1) is 34.5. The van der Waals surface area contributed by atoms with Crippen molar-refractivity contribution in [1.29, 1.82) is 0 Å². The summed E-state index contributed by atoms with van der Waals surface area (Å²) >= 11 is 3.86. The van der Waals surface area contributed by atoms with Gasteiger partial charge in [-0.2, -0.15) is 0 Å². The molecule has 37 heavy (non-hydrogen) atoms. The number of hydrogen-bond donors (Lipinski definition) is 0. The molecule has 0 unspecified atom stereocenters. The van der Waals surface area contributed by atoms with Gasteiger partial charge < -0.3 is 0 Å². The Kier molecular flexibility index (Phi) is 20.8. The Morgan fingerprint density at radius 3 is 1.27 bits per heavy atom. The van der Waals surface area contributed by atoms with Crippen molar-refractivity contribution in [1.82, 2.24) is 0 Å². The molecule has 0 nitrogen and oxygen atoms in total. The van der Waals surface area contributed by atoms with Gasteiger partial charge in [0.15, 0.2) is 0 Å². The highest BCUT2D eigenvalue weighted by atomic mass is 79.9. The molecule has 1 aromatic rings. The molecule has 0 amide bonds. The van der Waals surface area contributed by atoms with Gasteiger partial charge in [-0.05, 0) is 64.9 Å². The highest BCUT2D eigenvalue weighted by Gasteiger charge is 2.11. The van der Waals surface area contributed by atoms with Crippen molar-refractivity contribution in [3.8, 4) is 11.5 Å². The van der Waals surface area contributed by atoms with E-state index in [1.54, 1.807) is 11.1 Å². The minimum atomic E-state index is -1.38. The summed E-state index contributed by atoms with van der Waals surface area (Å²) < 4.78 is 1.20. The lowest BCUT2D eigenvalue weighted by molar-refractivity contribution is 0.553. The third kappa shape index (κ3) is 19.2. The smallest absolute Gasteiger partial charge is 0.127 e. The van der Waals surface area contributed by atoms with Crippen LogP contribution in [0.3, 0.4) is 0 Å². The lowest BCUT2D eigenvalue weighted by Gasteiger charge is -2.13. The monoisotopic (exact) mass is 588 g/mol. The summed E-state index contributed by atoms with van der Waals surface area (Å²) in [7, 11) is -1.38. The fraction of sp³-hybridized carbons (Fsp3) is 0.771. The van der Waals surface area contributed by atoms with Crippen molar-refractivity contribution in [3.63, 3.8) is 0 Å². The summed E-state index contributed by atoms with van der Waals surface area (Å²) in [5.74, 6) is 3.53. The van der Waals surface area contributed by atoms with E-state index in [0.29, 0.717) is 0 Å². The number of aryl methyl sites for hydroxylation is 2. The van der Waals surface area contributed by atoms with Crippen molar-refractivity contribution in [2.45, 2.75) is 175 Å². The third-order valence-corrected chi connectivity index (χ3v) is 8.99. The molecule has 0 spiro atoms. The zero-order valence-corrected chi connectivity index (χ0v) is 28.2. The molecular formula is C35H61BrSi. The minimum Gasteiger partial charge on any atom is -0.127 e. The van der Waals surface area contributed by atoms with Gasteiger partial charge >= 0.3 is 0 Å². The molecule has 1 rings (SSSR count). The summed E-state index contributed by atoms with van der Waals surface area (Å²) in [5, 5.41) is 0. The second kappa shape index (κ2) is 22.3. The molecule has 0 aliphatic carbocycles. The maximum Gasteiger partial charge on any atom is 0.129 e. The lowest BCUT2D eigenvalue weighted by Crippen LogP contribution is -2.16. The first-order chi connectivity index (χ1) is 17.9. The molecule has 0 atom stereocenters. The van der Waals surface area contributed by atoms with Crippen molar-refractivity contribution in [2.75, 3.05) is 0 Å². The Morgan fingerprint density at radius 1 is 0.541 bits per heavy atom. The first-order valence-corrected chi connectivity index (χ1v) is 20.5. The van der Waals surface area contributed by atoms with Gasteiger partial charge in [0.1, 0.15) is 8.07 Å². The largest absolute Gasteiger partial charge is 0.129 e. The number of halogens is 1. The van der Waals surface area contributed by atoms with Crippen LogP contribution < -0.4 is 0 Å². The van der Waals surface area contributed by atoms with Crippen LogP contribution in [0.5, 0.6) is 0 Å². The Hall–Kier alpha value is -0.523. The Morgan fingerprint density at radius 2 is 0.892 bits per heavy atom. The predicted molar refractivity (Wildman–Crippen MR) is 175 cm³/mol. The second-order valence-electron chi connectivity index (χ2n) is 12.5. The molecule has 0 aliphatic heterocycles. The normalized spacial score (nSPS) is 11.5. The summed E-state index contributed by atoms with van der Waals surface area (Å²) in [4.78, 5) is 0. The van der Waals surface area contributed by atoms with Crippen LogP contribution in [0, 0.1) is 11.5 Å². The maximum absolute atomic E-state index is 3.86. The third-order valence-electron chi connectivity index (χ3n) is 7.46. The lowest BCUT2D eigenvalue weighted by atomic mass is 9.94. The summed E-state index contributed by atoms with van der Waals surface area (Å²) in [6, 6.07) is 4.84. The molecule has 0 heterocycles. The van der Waals surface area contributed by atoms with E-state index < -0.39 is 8.07 Å². The van der Waals surface area contributed by atoms with E-state index in [1.807, 2.05) is 0 Å². The summed E-state index contributed by atoms with van der Waals surface area (Å²) in [6.07, 6.45) is 30.5. The molecular weight excluding hydrogens is 528 g/mol. The summed E-state index contributed by atoms with van der Waals surface area (Å²) in [5.41, 5.74) is 7.92. The molecule has 0 aromatic heterocycles. The molecule has 0 N–H and O–H groups in total. The van der Waals surface area contributed by atoms with Crippen molar-refractivity contribution in [3.05, 3.63) is 33.3 Å². The fourth-order valence-corrected chi connectivity index (χ4v) is 6.08. The topological polar surface area (TPSA) is 0 Å². The standard InChI is InChI=1S/C35H61BrSi/c1-6-8-10-12-14-16-18-20-22-24-26-32-30-34(28-29-37(3,4)5)35(36)31-33(32)27-25-23-21-19-17-15-13-11-9-7-2/h30-31H,6-27H2,1-5H3. The minimum absolute atomic E-state index is 1.20. The van der Waals surface area contributed by atoms with E-state index in [2.05, 4.69) is 73.0 Å². The van der Waals surface area contributed by atoms with Gasteiger partial charge in [0.2, 0.25) is 0 Å². The molecule has 0 fully saturated rings. The average Bonchev–Trinajstić information content (AvgIpc) is 2.86. The van der Waals surface area contributed by atoms with Crippen LogP contribution in [0.2, 0.25) is 19.6 Å². The predicted octanol–water partition coefficient (Wildman–Crippen LogP) is 12.6. The van der Waals surface area contributed by atoms with E-state index in [0.717, 1.165) is 0 Å². The average molecular weight is 590 g/mol. The highest BCUT2D eigenvalue weighted by molar-refractivity contribution is 9.10. The van der Waals surface area contributed by atoms with Crippen LogP contribution in [0.25, 0.3) is 0 Å². The van der Waals surface area contributed by atoms with Gasteiger partial charge in [-0.25, -0.2) is 0 Å². The van der Waals surface area contributed by atoms with E-state index >= 15 is 0 Å². The SMILES string of the molecule is CCCCCCCCCCCCc1cc(Br)c(C#C[Si](C)(C)C)cc1CCCCCCCCCCCC. The van der Waals surface area contributed by atoms with Gasteiger partial charge in [0.25, 0.3) is 0 Å². The number of rotatable bonds is 22. The van der Waals surface area contributed by atoms with Crippen LogP contribution >= 0.6 is 15.9 Å². The number of benzene rings is 1. The molecule has 1 aromatic carbocycles. The number of unbranched alkanes of at least 4 members (excludes halogenated alkanes) is 18. The van der Waals surface area contributed by atoms with E-state index in [-0.39, 0.29) is 0 Å². The van der Waals surface area contributed by atoms with E-state index in [4.69, 9.17) is 0 Å². The van der Waals surface area contributed by atoms with Crippen LogP contribution in [0.15, 0.2) is 16.6 Å². The Bertz CT molecular complexity index is 749. The molecule has 212 valence electrons. The highest BCUT2D eigenvalue weighted by Crippen LogP contribution is 2.26. The maximum atomic E-state index is 3.86. The molecule has 0 aliphatic rings. The van der Waals surface area contributed by atoms with Gasteiger partial charge in [-0.15, -0.1) is 5.54 Å². The van der Waals surface area contributed by atoms with Gasteiger partial charge in [0.05, 0.1) is 0 Å². The summed E-state index contributed by atoms with van der Waals surface area (Å²) in [6.45, 7) is 11.6. The van der Waals surface area contributed by atoms with Crippen LogP contribution in [-0.2, 0) is 12.8 Å². The first-order valence-electron chi connectivity index (χ1n) is 16.2. The quantitative estimate of drug-likeness (QED) is 0.0717. The van der Waals surface area contributed by atoms with Crippen LogP contribution in [-0.4, -0.2) is 8.07 Å². The molecule has 0 saturated heterocycles. The van der Waals surface area contributed by atoms with Crippen molar-refractivity contribution in [2.24, 2.45) is 0 Å². The van der Waals surface area contributed by atoms with E-state index in [9.17, 15) is 0 Å². The van der Waals surface area contributed by atoms with Gasteiger partial charge in [-0.1, -0.05) is 155 Å². The van der Waals surface area contributed by atoms with Crippen molar-refractivity contribution < 1.29 is 0 Å². The molecule has 0 radical (unpaired) electrons. The zero-order chi connectivity index (χ0) is 27.2. The van der Waals surface area contributed by atoms with Gasteiger partial charge in [0, 0.05) is 10.0 Å². The van der Waals surface area contributed by atoms with Crippen LogP contribution in [0.4, 0.5) is 0 Å². The molecule has 2 heteroatoms. The zero-order valence-electron chi connectivity index (χ0n) is 25.6. The Balaban J connectivity index is 2.52. The molecule has 0 bridgehead atoms. The Labute approximate surface area is 242 Å².